The van der Waals surface area contributed by atoms with Crippen LogP contribution in [0.5, 0.6) is 0 Å². The quantitative estimate of drug-likeness (QED) is 0.621. The van der Waals surface area contributed by atoms with Crippen LogP contribution in [0.1, 0.15) is 16.7 Å². The van der Waals surface area contributed by atoms with Crippen LogP contribution in [0, 0.1) is 6.92 Å². The van der Waals surface area contributed by atoms with Gasteiger partial charge in [-0.1, -0.05) is 41.9 Å². The summed E-state index contributed by atoms with van der Waals surface area (Å²) in [5.74, 6) is -0.129. The van der Waals surface area contributed by atoms with Crippen LogP contribution in [0.25, 0.3) is 6.08 Å². The molecule has 3 nitrogen and oxygen atoms in total. The van der Waals surface area contributed by atoms with Crippen LogP contribution in [-0.4, -0.2) is 11.9 Å². The first-order chi connectivity index (χ1) is 10.1. The highest BCUT2D eigenvalue weighted by Gasteiger charge is 2.23. The Balaban J connectivity index is 1.95. The molecule has 0 saturated heterocycles. The molecule has 0 atom stereocenters. The molecule has 1 aliphatic rings. The van der Waals surface area contributed by atoms with E-state index in [1.54, 1.807) is 12.1 Å². The standard InChI is InChI=1S/C17H12ClNO2/c1-11-7-8-12(9-14(11)18)10-15-17(20)21-16(19-15)13-5-3-2-4-6-13/h2-10H,1H3/b15-10+. The normalized spacial score (nSPS) is 16.0. The molecule has 0 saturated carbocycles. The minimum absolute atomic E-state index is 0.272. The number of ether oxygens (including phenoxy) is 1. The van der Waals surface area contributed by atoms with E-state index in [1.165, 1.54) is 0 Å². The molecule has 0 spiro atoms. The molecular weight excluding hydrogens is 286 g/mol. The van der Waals surface area contributed by atoms with Crippen molar-refractivity contribution in [1.29, 1.82) is 0 Å². The number of esters is 1. The highest BCUT2D eigenvalue weighted by molar-refractivity contribution is 6.31. The zero-order valence-corrected chi connectivity index (χ0v) is 12.1. The zero-order valence-electron chi connectivity index (χ0n) is 11.3. The van der Waals surface area contributed by atoms with Gasteiger partial charge in [0.15, 0.2) is 5.70 Å². The molecule has 2 aromatic carbocycles. The smallest absolute Gasteiger partial charge is 0.363 e. The largest absolute Gasteiger partial charge is 0.402 e. The molecule has 0 amide bonds. The van der Waals surface area contributed by atoms with Gasteiger partial charge in [-0.25, -0.2) is 9.79 Å². The number of aliphatic imine (C=N–C) groups is 1. The fourth-order valence-corrected chi connectivity index (χ4v) is 2.16. The zero-order chi connectivity index (χ0) is 14.8. The van der Waals surface area contributed by atoms with Gasteiger partial charge in [-0.05, 0) is 42.3 Å². The highest BCUT2D eigenvalue weighted by Crippen LogP contribution is 2.22. The Morgan fingerprint density at radius 2 is 1.90 bits per heavy atom. The van der Waals surface area contributed by atoms with Crippen LogP contribution in [0.4, 0.5) is 0 Å². The lowest BCUT2D eigenvalue weighted by atomic mass is 10.1. The molecule has 0 aromatic heterocycles. The van der Waals surface area contributed by atoms with E-state index in [2.05, 4.69) is 4.99 Å². The second-order valence-electron chi connectivity index (χ2n) is 4.71. The second kappa shape index (κ2) is 5.54. The lowest BCUT2D eigenvalue weighted by Gasteiger charge is -1.99. The van der Waals surface area contributed by atoms with Gasteiger partial charge >= 0.3 is 5.97 Å². The first-order valence-electron chi connectivity index (χ1n) is 6.47. The summed E-state index contributed by atoms with van der Waals surface area (Å²) in [7, 11) is 0. The minimum atomic E-state index is -0.453. The van der Waals surface area contributed by atoms with Crippen LogP contribution < -0.4 is 0 Å². The van der Waals surface area contributed by atoms with Crippen molar-refractivity contribution in [3.8, 4) is 0 Å². The van der Waals surface area contributed by atoms with Crippen LogP contribution in [0.15, 0.2) is 59.2 Å². The molecule has 0 radical (unpaired) electrons. The summed E-state index contributed by atoms with van der Waals surface area (Å²) < 4.78 is 5.20. The molecule has 3 rings (SSSR count). The summed E-state index contributed by atoms with van der Waals surface area (Å²) in [5.41, 5.74) is 2.85. The maximum absolute atomic E-state index is 11.9. The lowest BCUT2D eigenvalue weighted by Crippen LogP contribution is -2.04. The van der Waals surface area contributed by atoms with E-state index in [9.17, 15) is 4.79 Å². The van der Waals surface area contributed by atoms with Gasteiger partial charge in [0, 0.05) is 10.6 Å². The fourth-order valence-electron chi connectivity index (χ4n) is 1.97. The van der Waals surface area contributed by atoms with Crippen LogP contribution >= 0.6 is 11.6 Å². The molecule has 0 fully saturated rings. The molecular formula is C17H12ClNO2. The summed E-state index contributed by atoms with van der Waals surface area (Å²) in [6.45, 7) is 1.93. The third-order valence-electron chi connectivity index (χ3n) is 3.14. The number of aryl methyl sites for hydroxylation is 1. The number of halogens is 1. The average molecular weight is 298 g/mol. The van der Waals surface area contributed by atoms with Gasteiger partial charge in [0.1, 0.15) is 0 Å². The van der Waals surface area contributed by atoms with Crippen molar-refractivity contribution < 1.29 is 9.53 Å². The van der Waals surface area contributed by atoms with Crippen LogP contribution in [-0.2, 0) is 9.53 Å². The van der Waals surface area contributed by atoms with Crippen molar-refractivity contribution in [2.75, 3.05) is 0 Å². The molecule has 0 N–H and O–H groups in total. The number of carbonyl (C=O) groups excluding carboxylic acids is 1. The molecule has 1 aliphatic heterocycles. The van der Waals surface area contributed by atoms with Gasteiger partial charge < -0.3 is 4.74 Å². The van der Waals surface area contributed by atoms with Gasteiger partial charge in [0.25, 0.3) is 0 Å². The van der Waals surface area contributed by atoms with E-state index in [0.29, 0.717) is 10.9 Å². The average Bonchev–Trinajstić information content (AvgIpc) is 2.85. The number of benzene rings is 2. The topological polar surface area (TPSA) is 38.7 Å². The fraction of sp³-hybridized carbons (Fsp3) is 0.0588. The Morgan fingerprint density at radius 1 is 1.14 bits per heavy atom. The van der Waals surface area contributed by atoms with Crippen molar-refractivity contribution in [2.45, 2.75) is 6.92 Å². The van der Waals surface area contributed by atoms with Gasteiger partial charge in [0.2, 0.25) is 5.90 Å². The predicted molar refractivity (Wildman–Crippen MR) is 83.2 cm³/mol. The molecule has 1 heterocycles. The summed E-state index contributed by atoms with van der Waals surface area (Å²) in [6, 6.07) is 14.9. The Morgan fingerprint density at radius 3 is 2.62 bits per heavy atom. The van der Waals surface area contributed by atoms with E-state index < -0.39 is 5.97 Å². The van der Waals surface area contributed by atoms with Crippen molar-refractivity contribution >= 4 is 29.5 Å². The van der Waals surface area contributed by atoms with E-state index >= 15 is 0 Å². The minimum Gasteiger partial charge on any atom is -0.402 e. The maximum Gasteiger partial charge on any atom is 0.363 e. The first-order valence-corrected chi connectivity index (χ1v) is 6.85. The maximum atomic E-state index is 11.9. The summed E-state index contributed by atoms with van der Waals surface area (Å²) in [5, 5.41) is 0.656. The van der Waals surface area contributed by atoms with Crippen molar-refractivity contribution in [3.05, 3.63) is 75.9 Å². The Kier molecular flexibility index (Phi) is 3.59. The molecule has 0 unspecified atom stereocenters. The first kappa shape index (κ1) is 13.6. The monoisotopic (exact) mass is 297 g/mol. The summed E-state index contributed by atoms with van der Waals surface area (Å²) in [4.78, 5) is 16.1. The second-order valence-corrected chi connectivity index (χ2v) is 5.12. The van der Waals surface area contributed by atoms with Crippen LogP contribution in [0.3, 0.4) is 0 Å². The summed E-state index contributed by atoms with van der Waals surface area (Å²) >= 11 is 6.08. The van der Waals surface area contributed by atoms with E-state index in [0.717, 1.165) is 16.7 Å². The molecule has 2 aromatic rings. The van der Waals surface area contributed by atoms with Crippen molar-refractivity contribution in [3.63, 3.8) is 0 Å². The Bertz CT molecular complexity index is 764. The Hall–Kier alpha value is -2.39. The molecule has 21 heavy (non-hydrogen) atoms. The molecule has 0 aliphatic carbocycles. The van der Waals surface area contributed by atoms with Gasteiger partial charge in [-0.2, -0.15) is 0 Å². The third-order valence-corrected chi connectivity index (χ3v) is 3.55. The van der Waals surface area contributed by atoms with E-state index in [4.69, 9.17) is 16.3 Å². The van der Waals surface area contributed by atoms with Crippen molar-refractivity contribution in [1.82, 2.24) is 0 Å². The molecule has 104 valence electrons. The van der Waals surface area contributed by atoms with Gasteiger partial charge in [-0.15, -0.1) is 0 Å². The van der Waals surface area contributed by atoms with E-state index in [-0.39, 0.29) is 5.70 Å². The van der Waals surface area contributed by atoms with Crippen LogP contribution in [0.2, 0.25) is 5.02 Å². The number of nitrogens with zero attached hydrogens (tertiary/aromatic N) is 1. The number of cyclic esters (lactones) is 1. The van der Waals surface area contributed by atoms with Crippen molar-refractivity contribution in [2.24, 2.45) is 4.99 Å². The van der Waals surface area contributed by atoms with Gasteiger partial charge in [0.05, 0.1) is 0 Å². The number of carbonyl (C=O) groups is 1. The van der Waals surface area contributed by atoms with E-state index in [1.807, 2.05) is 49.4 Å². The Labute approximate surface area is 127 Å². The third kappa shape index (κ3) is 2.88. The summed E-state index contributed by atoms with van der Waals surface area (Å²) in [6.07, 6.45) is 1.67. The SMILES string of the molecule is Cc1ccc(/C=C2/N=C(c3ccccc3)OC2=O)cc1Cl. The number of hydrogen-bond donors (Lipinski definition) is 0. The predicted octanol–water partition coefficient (Wildman–Crippen LogP) is 3.99. The molecule has 0 bridgehead atoms. The number of hydrogen-bond acceptors (Lipinski definition) is 3. The highest BCUT2D eigenvalue weighted by atomic mass is 35.5. The number of rotatable bonds is 2. The van der Waals surface area contributed by atoms with Gasteiger partial charge in [-0.3, -0.25) is 0 Å². The molecule has 4 heteroatoms. The lowest BCUT2D eigenvalue weighted by molar-refractivity contribution is -0.129.